The van der Waals surface area contributed by atoms with E-state index in [0.29, 0.717) is 35.0 Å². The number of amides is 3. The van der Waals surface area contributed by atoms with Crippen molar-refractivity contribution >= 4 is 34.7 Å². The van der Waals surface area contributed by atoms with Crippen molar-refractivity contribution in [3.05, 3.63) is 96.3 Å². The number of aromatic nitrogens is 1. The van der Waals surface area contributed by atoms with E-state index in [1.54, 1.807) is 37.1 Å². The number of fused-ring (bicyclic) bond motifs is 1. The Labute approximate surface area is 233 Å². The molecule has 0 aliphatic carbocycles. The van der Waals surface area contributed by atoms with E-state index in [-0.39, 0.29) is 23.6 Å². The highest BCUT2D eigenvalue weighted by atomic mass is 16.2. The zero-order chi connectivity index (χ0) is 28.4. The minimum absolute atomic E-state index is 0.199. The van der Waals surface area contributed by atoms with Crippen LogP contribution in [0.5, 0.6) is 0 Å². The van der Waals surface area contributed by atoms with Gasteiger partial charge in [-0.1, -0.05) is 66.7 Å². The third-order valence-electron chi connectivity index (χ3n) is 7.69. The highest BCUT2D eigenvalue weighted by molar-refractivity contribution is 6.07. The van der Waals surface area contributed by atoms with Crippen molar-refractivity contribution < 1.29 is 14.4 Å². The molecule has 8 nitrogen and oxygen atoms in total. The van der Waals surface area contributed by atoms with E-state index in [0.717, 1.165) is 11.1 Å². The molecule has 1 saturated heterocycles. The van der Waals surface area contributed by atoms with E-state index >= 15 is 0 Å². The van der Waals surface area contributed by atoms with Crippen molar-refractivity contribution in [3.63, 3.8) is 0 Å². The number of hydrogen-bond acceptors (Lipinski definition) is 5. The molecule has 5 rings (SSSR count). The first kappa shape index (κ1) is 26.6. The van der Waals surface area contributed by atoms with Crippen LogP contribution in [-0.4, -0.2) is 64.7 Å². The van der Waals surface area contributed by atoms with E-state index in [9.17, 15) is 19.6 Å². The fraction of sp³-hybridized carbons (Fsp3) is 0.219. The molecule has 0 bridgehead atoms. The Balaban J connectivity index is 1.45. The molecular formula is C32H29N5O3. The number of nitrogens with zero attached hydrogens (tertiary/aromatic N) is 5. The standard InChI is InChI=1S/C32H29N5O3/c1-21-19-36(31(39)25-15-13-24(14-16-25)23-9-5-4-6-10-23)22(2)30(37(21)20-38)32(40)35(3)29-18-34-28(17-33)26-11-7-8-12-27(26)29/h4-16,18,20-22,30H,19H2,1-3H3/t21-,22?,30?/m1/s1. The van der Waals surface area contributed by atoms with Gasteiger partial charge in [-0.25, -0.2) is 4.98 Å². The van der Waals surface area contributed by atoms with Crippen molar-refractivity contribution in [3.8, 4) is 17.2 Å². The number of benzene rings is 3. The fourth-order valence-electron chi connectivity index (χ4n) is 5.46. The van der Waals surface area contributed by atoms with Gasteiger partial charge in [0.1, 0.15) is 17.8 Å². The molecule has 0 N–H and O–H groups in total. The lowest BCUT2D eigenvalue weighted by molar-refractivity contribution is -0.139. The number of carbonyl (C=O) groups is 3. The predicted molar refractivity (Wildman–Crippen MR) is 153 cm³/mol. The van der Waals surface area contributed by atoms with Gasteiger partial charge in [0.2, 0.25) is 6.41 Å². The van der Waals surface area contributed by atoms with E-state index in [1.807, 2.05) is 67.6 Å². The second-order valence-corrected chi connectivity index (χ2v) is 10.0. The summed E-state index contributed by atoms with van der Waals surface area (Å²) in [6.45, 7) is 3.93. The quantitative estimate of drug-likeness (QED) is 0.353. The van der Waals surface area contributed by atoms with Crippen molar-refractivity contribution in [2.24, 2.45) is 0 Å². The molecule has 8 heteroatoms. The molecule has 3 amide bonds. The number of pyridine rings is 1. The van der Waals surface area contributed by atoms with Crippen LogP contribution in [0.2, 0.25) is 0 Å². The topological polar surface area (TPSA) is 97.6 Å². The van der Waals surface area contributed by atoms with E-state index in [2.05, 4.69) is 11.1 Å². The molecule has 0 radical (unpaired) electrons. The first-order valence-corrected chi connectivity index (χ1v) is 13.1. The largest absolute Gasteiger partial charge is 0.331 e. The summed E-state index contributed by atoms with van der Waals surface area (Å²) in [6, 6.07) is 24.8. The summed E-state index contributed by atoms with van der Waals surface area (Å²) in [6.07, 6.45) is 2.18. The van der Waals surface area contributed by atoms with Crippen LogP contribution >= 0.6 is 0 Å². The summed E-state index contributed by atoms with van der Waals surface area (Å²) in [4.78, 5) is 48.8. The molecule has 4 aromatic rings. The van der Waals surface area contributed by atoms with Crippen LogP contribution < -0.4 is 4.90 Å². The Morgan fingerprint density at radius 3 is 2.23 bits per heavy atom. The molecule has 3 atom stereocenters. The van der Waals surface area contributed by atoms with Crippen LogP contribution in [0, 0.1) is 11.3 Å². The monoisotopic (exact) mass is 531 g/mol. The van der Waals surface area contributed by atoms with Gasteiger partial charge in [0.05, 0.1) is 17.9 Å². The first-order chi connectivity index (χ1) is 19.3. The predicted octanol–water partition coefficient (Wildman–Crippen LogP) is 4.50. The molecule has 0 saturated carbocycles. The summed E-state index contributed by atoms with van der Waals surface area (Å²) in [5.74, 6) is -0.546. The van der Waals surface area contributed by atoms with Crippen LogP contribution in [0.15, 0.2) is 85.1 Å². The Kier molecular flexibility index (Phi) is 7.30. The van der Waals surface area contributed by atoms with Gasteiger partial charge in [-0.05, 0) is 37.1 Å². The van der Waals surface area contributed by atoms with Crippen LogP contribution in [0.1, 0.15) is 29.9 Å². The Bertz CT molecular complexity index is 1610. The number of hydrogen-bond donors (Lipinski definition) is 0. The second kappa shape index (κ2) is 11.0. The lowest BCUT2D eigenvalue weighted by Gasteiger charge is -2.48. The third-order valence-corrected chi connectivity index (χ3v) is 7.69. The lowest BCUT2D eigenvalue weighted by Crippen LogP contribution is -2.67. The maximum atomic E-state index is 14.0. The smallest absolute Gasteiger partial charge is 0.254 e. The molecule has 0 spiro atoms. The van der Waals surface area contributed by atoms with E-state index < -0.39 is 12.1 Å². The van der Waals surface area contributed by atoms with E-state index in [1.165, 1.54) is 16.0 Å². The summed E-state index contributed by atoms with van der Waals surface area (Å²) < 4.78 is 0. The van der Waals surface area contributed by atoms with Crippen LogP contribution in [0.25, 0.3) is 21.9 Å². The average Bonchev–Trinajstić information content (AvgIpc) is 3.00. The molecule has 2 unspecified atom stereocenters. The molecule has 1 fully saturated rings. The second-order valence-electron chi connectivity index (χ2n) is 10.0. The van der Waals surface area contributed by atoms with Crippen LogP contribution in [0.3, 0.4) is 0 Å². The number of nitriles is 1. The van der Waals surface area contributed by atoms with Gasteiger partial charge in [0, 0.05) is 36.0 Å². The summed E-state index contributed by atoms with van der Waals surface area (Å²) in [7, 11) is 1.63. The van der Waals surface area contributed by atoms with Gasteiger partial charge in [-0.2, -0.15) is 5.26 Å². The van der Waals surface area contributed by atoms with Gasteiger partial charge < -0.3 is 14.7 Å². The minimum Gasteiger partial charge on any atom is -0.331 e. The summed E-state index contributed by atoms with van der Waals surface area (Å²) >= 11 is 0. The van der Waals surface area contributed by atoms with Crippen LogP contribution in [-0.2, 0) is 9.59 Å². The van der Waals surface area contributed by atoms with E-state index in [4.69, 9.17) is 0 Å². The first-order valence-electron chi connectivity index (χ1n) is 13.1. The van der Waals surface area contributed by atoms with Crippen molar-refractivity contribution in [2.75, 3.05) is 18.5 Å². The van der Waals surface area contributed by atoms with Gasteiger partial charge in [-0.3, -0.25) is 14.4 Å². The summed E-state index contributed by atoms with van der Waals surface area (Å²) in [5.41, 5.74) is 3.36. The number of carbonyl (C=O) groups excluding carboxylic acids is 3. The molecule has 200 valence electrons. The molecule has 3 aromatic carbocycles. The van der Waals surface area contributed by atoms with Gasteiger partial charge in [-0.15, -0.1) is 0 Å². The highest BCUT2D eigenvalue weighted by Crippen LogP contribution is 2.30. The Morgan fingerprint density at radius 1 is 0.950 bits per heavy atom. The maximum Gasteiger partial charge on any atom is 0.254 e. The SMILES string of the molecule is CC1C(C(=O)N(C)c2cnc(C#N)c3ccccc23)N(C=O)[C@H](C)CN1C(=O)c1ccc(-c2ccccc2)cc1. The van der Waals surface area contributed by atoms with Gasteiger partial charge >= 0.3 is 0 Å². The van der Waals surface area contributed by atoms with Crippen molar-refractivity contribution in [1.29, 1.82) is 5.26 Å². The number of likely N-dealkylation sites (N-methyl/N-ethyl adjacent to an activating group) is 1. The number of piperazine rings is 1. The number of anilines is 1. The molecule has 1 aliphatic heterocycles. The molecule has 40 heavy (non-hydrogen) atoms. The number of rotatable bonds is 5. The summed E-state index contributed by atoms with van der Waals surface area (Å²) in [5, 5.41) is 10.8. The van der Waals surface area contributed by atoms with Gasteiger partial charge in [0.15, 0.2) is 0 Å². The van der Waals surface area contributed by atoms with Crippen molar-refractivity contribution in [1.82, 2.24) is 14.8 Å². The fourth-order valence-corrected chi connectivity index (χ4v) is 5.46. The molecule has 2 heterocycles. The van der Waals surface area contributed by atoms with Gasteiger partial charge in [0.25, 0.3) is 11.8 Å². The maximum absolute atomic E-state index is 14.0. The Hall–Kier alpha value is -5.03. The lowest BCUT2D eigenvalue weighted by atomic mass is 9.96. The minimum atomic E-state index is -0.909. The highest BCUT2D eigenvalue weighted by Gasteiger charge is 2.44. The van der Waals surface area contributed by atoms with Crippen LogP contribution in [0.4, 0.5) is 5.69 Å². The normalized spacial score (nSPS) is 18.7. The van der Waals surface area contributed by atoms with Crippen molar-refractivity contribution in [2.45, 2.75) is 32.0 Å². The Morgan fingerprint density at radius 2 is 1.57 bits per heavy atom. The molecular weight excluding hydrogens is 502 g/mol. The zero-order valence-corrected chi connectivity index (χ0v) is 22.6. The molecule has 1 aliphatic rings. The third kappa shape index (κ3) is 4.67. The zero-order valence-electron chi connectivity index (χ0n) is 22.6. The average molecular weight is 532 g/mol. The molecule has 1 aromatic heterocycles.